The molecule has 0 radical (unpaired) electrons. The van der Waals surface area contributed by atoms with Gasteiger partial charge in [-0.15, -0.1) is 0 Å². The van der Waals surface area contributed by atoms with Crippen LogP contribution >= 0.6 is 23.2 Å². The number of aryl methyl sites for hydroxylation is 2. The number of nitrogens with zero attached hydrogens (tertiary/aromatic N) is 1. The van der Waals surface area contributed by atoms with Crippen molar-refractivity contribution in [2.75, 3.05) is 13.2 Å². The van der Waals surface area contributed by atoms with Crippen LogP contribution in [-0.2, 0) is 22.6 Å². The lowest BCUT2D eigenvalue weighted by molar-refractivity contribution is -0.142. The van der Waals surface area contributed by atoms with Crippen molar-refractivity contribution < 1.29 is 14.3 Å². The normalized spacial score (nSPS) is 11.6. The van der Waals surface area contributed by atoms with E-state index in [9.17, 15) is 9.59 Å². The number of carbonyl (C=O) groups is 2. The summed E-state index contributed by atoms with van der Waals surface area (Å²) in [5.41, 5.74) is 3.71. The van der Waals surface area contributed by atoms with Crippen molar-refractivity contribution in [3.8, 4) is 5.75 Å². The monoisotopic (exact) mass is 540 g/mol. The molecule has 0 spiro atoms. The van der Waals surface area contributed by atoms with E-state index < -0.39 is 6.04 Å². The highest BCUT2D eigenvalue weighted by molar-refractivity contribution is 6.42. The topological polar surface area (TPSA) is 58.6 Å². The molecule has 0 aliphatic rings. The number of benzene rings is 3. The van der Waals surface area contributed by atoms with E-state index in [-0.39, 0.29) is 25.0 Å². The zero-order valence-electron chi connectivity index (χ0n) is 21.6. The average molecular weight is 542 g/mol. The highest BCUT2D eigenvalue weighted by Gasteiger charge is 2.30. The van der Waals surface area contributed by atoms with Crippen molar-refractivity contribution in [2.24, 2.45) is 0 Å². The Kier molecular flexibility index (Phi) is 10.8. The number of amides is 2. The maximum absolute atomic E-state index is 13.7. The first kappa shape index (κ1) is 28.5. The summed E-state index contributed by atoms with van der Waals surface area (Å²) in [7, 11) is 0. The van der Waals surface area contributed by atoms with Crippen molar-refractivity contribution in [1.29, 1.82) is 0 Å². The molecule has 0 aliphatic carbocycles. The molecule has 0 saturated heterocycles. The Bertz CT molecular complexity index is 1200. The van der Waals surface area contributed by atoms with Crippen LogP contribution < -0.4 is 10.1 Å². The second kappa shape index (κ2) is 14.1. The van der Waals surface area contributed by atoms with E-state index in [4.69, 9.17) is 27.9 Å². The van der Waals surface area contributed by atoms with Crippen LogP contribution in [0.5, 0.6) is 5.75 Å². The molecule has 0 saturated carbocycles. The van der Waals surface area contributed by atoms with Crippen LogP contribution in [0.3, 0.4) is 0 Å². The van der Waals surface area contributed by atoms with E-state index in [1.807, 2.05) is 68.4 Å². The first-order valence-corrected chi connectivity index (χ1v) is 13.3. The Labute approximate surface area is 229 Å². The second-order valence-electron chi connectivity index (χ2n) is 9.18. The Hall–Kier alpha value is -3.02. The third kappa shape index (κ3) is 8.51. The molecule has 3 rings (SSSR count). The molecular formula is C30H34Cl2N2O3. The summed E-state index contributed by atoms with van der Waals surface area (Å²) in [6.45, 7) is 6.52. The zero-order chi connectivity index (χ0) is 26.8. The lowest BCUT2D eigenvalue weighted by atomic mass is 10.0. The summed E-state index contributed by atoms with van der Waals surface area (Å²) < 4.78 is 5.95. The molecule has 0 aliphatic heterocycles. The molecule has 0 aromatic heterocycles. The quantitative estimate of drug-likeness (QED) is 0.265. The van der Waals surface area contributed by atoms with E-state index in [1.54, 1.807) is 17.0 Å². The average Bonchev–Trinajstić information content (AvgIpc) is 2.89. The first-order valence-electron chi connectivity index (χ1n) is 12.5. The molecule has 1 atom stereocenters. The number of unbranched alkanes of at least 4 members (excludes halogenated alkanes) is 1. The molecular weight excluding hydrogens is 507 g/mol. The van der Waals surface area contributed by atoms with Gasteiger partial charge in [0.2, 0.25) is 5.91 Å². The van der Waals surface area contributed by atoms with Gasteiger partial charge < -0.3 is 15.0 Å². The molecule has 1 N–H and O–H groups in total. The molecule has 37 heavy (non-hydrogen) atoms. The fourth-order valence-electron chi connectivity index (χ4n) is 3.98. The SMILES string of the molecule is CCCCNC(=O)C(Cc1ccccc1)N(Cc1ccc(Cl)c(Cl)c1)C(=O)COc1cc(C)ccc1C. The van der Waals surface area contributed by atoms with Crippen LogP contribution in [0, 0.1) is 13.8 Å². The van der Waals surface area contributed by atoms with Crippen LogP contribution in [0.2, 0.25) is 10.0 Å². The predicted molar refractivity (Wildman–Crippen MR) is 150 cm³/mol. The summed E-state index contributed by atoms with van der Waals surface area (Å²) in [4.78, 5) is 28.7. The van der Waals surface area contributed by atoms with Gasteiger partial charge in [0.25, 0.3) is 5.91 Å². The summed E-state index contributed by atoms with van der Waals surface area (Å²) in [5, 5.41) is 3.84. The van der Waals surface area contributed by atoms with Gasteiger partial charge in [-0.2, -0.15) is 0 Å². The first-order chi connectivity index (χ1) is 17.8. The van der Waals surface area contributed by atoms with Crippen molar-refractivity contribution in [3.05, 3.63) is 99.0 Å². The lowest BCUT2D eigenvalue weighted by Crippen LogP contribution is -2.51. The Morgan fingerprint density at radius 2 is 1.70 bits per heavy atom. The summed E-state index contributed by atoms with van der Waals surface area (Å²) in [5.74, 6) is 0.158. The van der Waals surface area contributed by atoms with Crippen molar-refractivity contribution in [2.45, 2.75) is 52.6 Å². The lowest BCUT2D eigenvalue weighted by Gasteiger charge is -2.31. The molecule has 0 heterocycles. The van der Waals surface area contributed by atoms with Crippen molar-refractivity contribution in [1.82, 2.24) is 10.2 Å². The molecule has 3 aromatic rings. The number of carbonyl (C=O) groups excluding carboxylic acids is 2. The zero-order valence-corrected chi connectivity index (χ0v) is 23.1. The van der Waals surface area contributed by atoms with Crippen LogP contribution in [-0.4, -0.2) is 35.9 Å². The molecule has 3 aromatic carbocycles. The third-order valence-electron chi connectivity index (χ3n) is 6.13. The Balaban J connectivity index is 1.92. The van der Waals surface area contributed by atoms with Gasteiger partial charge in [0.1, 0.15) is 11.8 Å². The maximum Gasteiger partial charge on any atom is 0.261 e. The van der Waals surface area contributed by atoms with Crippen LogP contribution in [0.15, 0.2) is 66.7 Å². The van der Waals surface area contributed by atoms with Gasteiger partial charge in [-0.3, -0.25) is 9.59 Å². The molecule has 7 heteroatoms. The Morgan fingerprint density at radius 1 is 0.946 bits per heavy atom. The minimum absolute atomic E-state index is 0.185. The van der Waals surface area contributed by atoms with Gasteiger partial charge >= 0.3 is 0 Å². The summed E-state index contributed by atoms with van der Waals surface area (Å²) in [6.07, 6.45) is 2.19. The van der Waals surface area contributed by atoms with Crippen LogP contribution in [0.25, 0.3) is 0 Å². The fourth-order valence-corrected chi connectivity index (χ4v) is 4.30. The maximum atomic E-state index is 13.7. The third-order valence-corrected chi connectivity index (χ3v) is 6.87. The van der Waals surface area contributed by atoms with Gasteiger partial charge in [0.15, 0.2) is 6.61 Å². The number of halogens is 2. The van der Waals surface area contributed by atoms with E-state index in [2.05, 4.69) is 12.2 Å². The van der Waals surface area contributed by atoms with E-state index in [0.717, 1.165) is 35.1 Å². The number of ether oxygens (including phenoxy) is 1. The number of nitrogens with one attached hydrogen (secondary N) is 1. The predicted octanol–water partition coefficient (Wildman–Crippen LogP) is 6.55. The van der Waals surface area contributed by atoms with Gasteiger partial charge in [-0.05, 0) is 60.7 Å². The molecule has 1 unspecified atom stereocenters. The highest BCUT2D eigenvalue weighted by atomic mass is 35.5. The van der Waals surface area contributed by atoms with Gasteiger partial charge in [0, 0.05) is 19.5 Å². The molecule has 2 amide bonds. The summed E-state index contributed by atoms with van der Waals surface area (Å²) in [6, 6.07) is 20.1. The smallest absolute Gasteiger partial charge is 0.261 e. The van der Waals surface area contributed by atoms with Crippen molar-refractivity contribution in [3.63, 3.8) is 0 Å². The largest absolute Gasteiger partial charge is 0.483 e. The highest BCUT2D eigenvalue weighted by Crippen LogP contribution is 2.25. The molecule has 0 bridgehead atoms. The number of rotatable bonds is 12. The molecule has 196 valence electrons. The minimum atomic E-state index is -0.733. The molecule has 0 fully saturated rings. The van der Waals surface area contributed by atoms with Crippen molar-refractivity contribution >= 4 is 35.0 Å². The fraction of sp³-hybridized carbons (Fsp3) is 0.333. The standard InChI is InChI=1S/C30H34Cl2N2O3/c1-4-5-15-33-30(36)27(18-23-9-7-6-8-10-23)34(19-24-13-14-25(31)26(32)17-24)29(35)20-37-28-16-21(2)11-12-22(28)3/h6-14,16-17,27H,4-5,15,18-20H2,1-3H3,(H,33,36). The van der Waals surface area contributed by atoms with Gasteiger partial charge in [-0.1, -0.05) is 85.1 Å². The second-order valence-corrected chi connectivity index (χ2v) is 9.99. The van der Waals surface area contributed by atoms with E-state index in [0.29, 0.717) is 28.8 Å². The van der Waals surface area contributed by atoms with Gasteiger partial charge in [-0.25, -0.2) is 0 Å². The number of hydrogen-bond acceptors (Lipinski definition) is 3. The van der Waals surface area contributed by atoms with E-state index in [1.165, 1.54) is 0 Å². The van der Waals surface area contributed by atoms with Crippen LogP contribution in [0.1, 0.15) is 42.0 Å². The van der Waals surface area contributed by atoms with Crippen LogP contribution in [0.4, 0.5) is 0 Å². The Morgan fingerprint density at radius 3 is 2.41 bits per heavy atom. The van der Waals surface area contributed by atoms with E-state index >= 15 is 0 Å². The van der Waals surface area contributed by atoms with Gasteiger partial charge in [0.05, 0.1) is 10.0 Å². The molecule has 5 nitrogen and oxygen atoms in total. The number of hydrogen-bond donors (Lipinski definition) is 1. The minimum Gasteiger partial charge on any atom is -0.483 e. The summed E-state index contributed by atoms with van der Waals surface area (Å²) >= 11 is 12.4.